The lowest BCUT2D eigenvalue weighted by molar-refractivity contribution is 0.102. The van der Waals surface area contributed by atoms with Gasteiger partial charge < -0.3 is 14.8 Å². The number of anilines is 1. The molecule has 2 aromatic carbocycles. The molecule has 110 valence electrons. The lowest BCUT2D eigenvalue weighted by Gasteiger charge is -2.11. The number of nitrogens with zero attached hydrogens (tertiary/aromatic N) is 1. The number of nitriles is 1. The van der Waals surface area contributed by atoms with Crippen molar-refractivity contribution in [1.82, 2.24) is 0 Å². The van der Waals surface area contributed by atoms with E-state index in [0.29, 0.717) is 28.3 Å². The maximum atomic E-state index is 12.4. The van der Waals surface area contributed by atoms with Crippen LogP contribution in [-0.4, -0.2) is 12.7 Å². The highest BCUT2D eigenvalue weighted by atomic mass is 16.7. The molecule has 0 saturated carbocycles. The molecule has 0 fully saturated rings. The van der Waals surface area contributed by atoms with E-state index in [2.05, 4.69) is 11.4 Å². The van der Waals surface area contributed by atoms with Gasteiger partial charge in [0.1, 0.15) is 6.07 Å². The molecule has 0 atom stereocenters. The molecule has 2 aromatic rings. The van der Waals surface area contributed by atoms with Crippen LogP contribution in [0.2, 0.25) is 0 Å². The zero-order valence-corrected chi connectivity index (χ0v) is 12.3. The summed E-state index contributed by atoms with van der Waals surface area (Å²) in [6.07, 6.45) is 0. The molecule has 0 aromatic heterocycles. The standard InChI is InChI=1S/C17H14N2O3/c1-10-5-11(2)16(13(6-10)8-18)19-17(20)12-3-4-14-15(7-12)22-9-21-14/h3-7H,9H2,1-2H3,(H,19,20). The van der Waals surface area contributed by atoms with E-state index >= 15 is 0 Å². The molecule has 0 saturated heterocycles. The zero-order valence-electron chi connectivity index (χ0n) is 12.3. The molecule has 1 aliphatic rings. The summed E-state index contributed by atoms with van der Waals surface area (Å²) in [6, 6.07) is 10.8. The van der Waals surface area contributed by atoms with E-state index in [1.807, 2.05) is 19.9 Å². The maximum absolute atomic E-state index is 12.4. The molecule has 0 radical (unpaired) electrons. The van der Waals surface area contributed by atoms with Crippen LogP contribution in [0.4, 0.5) is 5.69 Å². The van der Waals surface area contributed by atoms with Gasteiger partial charge in [-0.15, -0.1) is 0 Å². The van der Waals surface area contributed by atoms with Gasteiger partial charge in [0.05, 0.1) is 11.3 Å². The highest BCUT2D eigenvalue weighted by Gasteiger charge is 2.17. The van der Waals surface area contributed by atoms with Crippen molar-refractivity contribution >= 4 is 11.6 Å². The van der Waals surface area contributed by atoms with Crippen LogP contribution >= 0.6 is 0 Å². The monoisotopic (exact) mass is 294 g/mol. The Morgan fingerprint density at radius 2 is 1.95 bits per heavy atom. The van der Waals surface area contributed by atoms with Gasteiger partial charge in [-0.2, -0.15) is 5.26 Å². The van der Waals surface area contributed by atoms with Crippen molar-refractivity contribution in [2.24, 2.45) is 0 Å². The first-order valence-electron chi connectivity index (χ1n) is 6.81. The summed E-state index contributed by atoms with van der Waals surface area (Å²) >= 11 is 0. The molecule has 0 aliphatic carbocycles. The highest BCUT2D eigenvalue weighted by Crippen LogP contribution is 2.33. The normalized spacial score (nSPS) is 11.9. The molecule has 1 aliphatic heterocycles. The van der Waals surface area contributed by atoms with Gasteiger partial charge >= 0.3 is 0 Å². The molecule has 0 unspecified atom stereocenters. The van der Waals surface area contributed by atoms with E-state index in [9.17, 15) is 10.1 Å². The van der Waals surface area contributed by atoms with Crippen LogP contribution in [0.15, 0.2) is 30.3 Å². The number of fused-ring (bicyclic) bond motifs is 1. The lowest BCUT2D eigenvalue weighted by atomic mass is 10.0. The number of ether oxygens (including phenoxy) is 2. The SMILES string of the molecule is Cc1cc(C)c(NC(=O)c2ccc3c(c2)OCO3)c(C#N)c1. The number of carbonyl (C=O) groups is 1. The fourth-order valence-corrected chi connectivity index (χ4v) is 2.45. The summed E-state index contributed by atoms with van der Waals surface area (Å²) in [6.45, 7) is 3.94. The third kappa shape index (κ3) is 2.47. The first kappa shape index (κ1) is 14.0. The van der Waals surface area contributed by atoms with E-state index in [1.165, 1.54) is 0 Å². The lowest BCUT2D eigenvalue weighted by Crippen LogP contribution is -2.14. The second-order valence-corrected chi connectivity index (χ2v) is 5.14. The topological polar surface area (TPSA) is 71.3 Å². The Morgan fingerprint density at radius 3 is 2.73 bits per heavy atom. The number of benzene rings is 2. The molecule has 3 rings (SSSR count). The van der Waals surface area contributed by atoms with Gasteiger partial charge in [0.25, 0.3) is 5.91 Å². The average Bonchev–Trinajstić information content (AvgIpc) is 2.96. The van der Waals surface area contributed by atoms with E-state index in [1.54, 1.807) is 24.3 Å². The van der Waals surface area contributed by atoms with E-state index < -0.39 is 0 Å². The second-order valence-electron chi connectivity index (χ2n) is 5.14. The summed E-state index contributed by atoms with van der Waals surface area (Å²) in [5.74, 6) is 0.885. The Morgan fingerprint density at radius 1 is 1.18 bits per heavy atom. The van der Waals surface area contributed by atoms with Crippen molar-refractivity contribution in [3.63, 3.8) is 0 Å². The van der Waals surface area contributed by atoms with Gasteiger partial charge in [0.2, 0.25) is 6.79 Å². The number of hydrogen-bond donors (Lipinski definition) is 1. The molecule has 5 nitrogen and oxygen atoms in total. The smallest absolute Gasteiger partial charge is 0.255 e. The first-order chi connectivity index (χ1) is 10.6. The summed E-state index contributed by atoms with van der Waals surface area (Å²) in [7, 11) is 0. The van der Waals surface area contributed by atoms with Crippen molar-refractivity contribution in [3.8, 4) is 17.6 Å². The molecule has 1 N–H and O–H groups in total. The van der Waals surface area contributed by atoms with Crippen LogP contribution in [0.25, 0.3) is 0 Å². The molecular weight excluding hydrogens is 280 g/mol. The Balaban J connectivity index is 1.91. The summed E-state index contributed by atoms with van der Waals surface area (Å²) in [5, 5.41) is 12.0. The quantitative estimate of drug-likeness (QED) is 0.923. The molecule has 1 heterocycles. The van der Waals surface area contributed by atoms with Crippen molar-refractivity contribution in [2.45, 2.75) is 13.8 Å². The summed E-state index contributed by atoms with van der Waals surface area (Å²) in [5.41, 5.74) is 3.27. The number of carbonyl (C=O) groups excluding carboxylic acids is 1. The van der Waals surface area contributed by atoms with Crippen LogP contribution in [0.3, 0.4) is 0 Å². The number of hydrogen-bond acceptors (Lipinski definition) is 4. The Labute approximate surface area is 128 Å². The minimum Gasteiger partial charge on any atom is -0.454 e. The fraction of sp³-hybridized carbons (Fsp3) is 0.176. The average molecular weight is 294 g/mol. The van der Waals surface area contributed by atoms with Crippen molar-refractivity contribution in [1.29, 1.82) is 5.26 Å². The predicted molar refractivity (Wildman–Crippen MR) is 81.1 cm³/mol. The summed E-state index contributed by atoms with van der Waals surface area (Å²) < 4.78 is 10.5. The van der Waals surface area contributed by atoms with Gasteiger partial charge in [-0.25, -0.2) is 0 Å². The summed E-state index contributed by atoms with van der Waals surface area (Å²) in [4.78, 5) is 12.4. The largest absolute Gasteiger partial charge is 0.454 e. The molecule has 1 amide bonds. The van der Waals surface area contributed by atoms with Gasteiger partial charge in [-0.05, 0) is 49.2 Å². The van der Waals surface area contributed by atoms with Crippen molar-refractivity contribution in [3.05, 3.63) is 52.6 Å². The predicted octanol–water partition coefficient (Wildman–Crippen LogP) is 3.16. The van der Waals surface area contributed by atoms with E-state index in [4.69, 9.17) is 9.47 Å². The van der Waals surface area contributed by atoms with Gasteiger partial charge in [0, 0.05) is 5.56 Å². The van der Waals surface area contributed by atoms with Crippen LogP contribution in [0, 0.1) is 25.2 Å². The van der Waals surface area contributed by atoms with E-state index in [0.717, 1.165) is 11.1 Å². The minimum atomic E-state index is -0.290. The Hall–Kier alpha value is -3.00. The van der Waals surface area contributed by atoms with Crippen LogP contribution < -0.4 is 14.8 Å². The Bertz CT molecular complexity index is 806. The molecule has 22 heavy (non-hydrogen) atoms. The minimum absolute atomic E-state index is 0.163. The Kier molecular flexibility index (Phi) is 3.43. The second kappa shape index (κ2) is 5.41. The third-order valence-corrected chi connectivity index (χ3v) is 3.47. The number of nitrogens with one attached hydrogen (secondary N) is 1. The number of aryl methyl sites for hydroxylation is 2. The number of rotatable bonds is 2. The maximum Gasteiger partial charge on any atom is 0.255 e. The molecular formula is C17H14N2O3. The van der Waals surface area contributed by atoms with Gasteiger partial charge in [-0.1, -0.05) is 6.07 Å². The number of amides is 1. The van der Waals surface area contributed by atoms with Crippen molar-refractivity contribution < 1.29 is 14.3 Å². The third-order valence-electron chi connectivity index (χ3n) is 3.47. The first-order valence-corrected chi connectivity index (χ1v) is 6.81. The van der Waals surface area contributed by atoms with Gasteiger partial charge in [-0.3, -0.25) is 4.79 Å². The zero-order chi connectivity index (χ0) is 15.7. The molecule has 5 heteroatoms. The van der Waals surface area contributed by atoms with E-state index in [-0.39, 0.29) is 12.7 Å². The fourth-order valence-electron chi connectivity index (χ4n) is 2.45. The molecule has 0 spiro atoms. The highest BCUT2D eigenvalue weighted by molar-refractivity contribution is 6.05. The van der Waals surface area contributed by atoms with Crippen LogP contribution in [0.5, 0.6) is 11.5 Å². The van der Waals surface area contributed by atoms with Crippen LogP contribution in [0.1, 0.15) is 27.0 Å². The van der Waals surface area contributed by atoms with Gasteiger partial charge in [0.15, 0.2) is 11.5 Å². The van der Waals surface area contributed by atoms with Crippen molar-refractivity contribution in [2.75, 3.05) is 12.1 Å². The molecule has 0 bridgehead atoms. The van der Waals surface area contributed by atoms with Crippen LogP contribution in [-0.2, 0) is 0 Å².